The summed E-state index contributed by atoms with van der Waals surface area (Å²) in [5, 5.41) is 0.600. The summed E-state index contributed by atoms with van der Waals surface area (Å²) >= 11 is 0. The lowest BCUT2D eigenvalue weighted by atomic mass is 10.1. The van der Waals surface area contributed by atoms with Crippen molar-refractivity contribution < 1.29 is 25.9 Å². The predicted molar refractivity (Wildman–Crippen MR) is 105 cm³/mol. The average molecular weight is 420 g/mol. The van der Waals surface area contributed by atoms with Crippen molar-refractivity contribution in [3.8, 4) is 17.5 Å². The van der Waals surface area contributed by atoms with E-state index in [0.717, 1.165) is 16.8 Å². The highest BCUT2D eigenvalue weighted by Crippen LogP contribution is 2.47. The molecule has 0 saturated carbocycles. The lowest BCUT2D eigenvalue weighted by molar-refractivity contribution is 0.293. The van der Waals surface area contributed by atoms with Gasteiger partial charge in [-0.15, -0.1) is 8.42 Å². The molecule has 3 heterocycles. The highest BCUT2D eigenvalue weighted by molar-refractivity contribution is 7.82. The molecule has 0 saturated heterocycles. The van der Waals surface area contributed by atoms with Gasteiger partial charge in [0.1, 0.15) is 17.9 Å². The first-order valence-corrected chi connectivity index (χ1v) is 10.5. The fraction of sp³-hybridized carbons (Fsp3) is 0.350. The fourth-order valence-electron chi connectivity index (χ4n) is 3.44. The summed E-state index contributed by atoms with van der Waals surface area (Å²) in [6.07, 6.45) is 0. The Morgan fingerprint density at radius 1 is 1.17 bits per heavy atom. The van der Waals surface area contributed by atoms with Gasteiger partial charge >= 0.3 is 10.4 Å². The van der Waals surface area contributed by atoms with E-state index < -0.39 is 10.4 Å². The molecule has 7 nitrogen and oxygen atoms in total. The second-order valence-electron chi connectivity index (χ2n) is 7.48. The number of pyridine rings is 1. The number of aromatic nitrogens is 2. The van der Waals surface area contributed by atoms with E-state index in [1.165, 1.54) is 12.1 Å². The van der Waals surface area contributed by atoms with Crippen molar-refractivity contribution in [3.05, 3.63) is 46.9 Å². The smallest absolute Gasteiger partial charge is 0.471 e. The summed E-state index contributed by atoms with van der Waals surface area (Å²) in [4.78, 5) is 4.29. The second kappa shape index (κ2) is 6.91. The van der Waals surface area contributed by atoms with Crippen LogP contribution in [0.15, 0.2) is 24.3 Å². The maximum Gasteiger partial charge on any atom is 0.502 e. The first-order chi connectivity index (χ1) is 13.7. The number of nitrogens with zero attached hydrogens (tertiary/aromatic N) is 2. The molecule has 0 unspecified atom stereocenters. The Bertz CT molecular complexity index is 1200. The molecule has 29 heavy (non-hydrogen) atoms. The van der Waals surface area contributed by atoms with Crippen molar-refractivity contribution in [2.45, 2.75) is 40.8 Å². The number of hydrogen-bond acceptors (Lipinski definition) is 6. The van der Waals surface area contributed by atoms with Gasteiger partial charge in [-0.3, -0.25) is 0 Å². The van der Waals surface area contributed by atoms with Crippen LogP contribution < -0.4 is 13.1 Å². The maximum atomic E-state index is 13.2. The second-order valence-corrected chi connectivity index (χ2v) is 8.63. The van der Waals surface area contributed by atoms with Crippen LogP contribution in [-0.4, -0.2) is 18.0 Å². The minimum absolute atomic E-state index is 0.0808. The zero-order valence-corrected chi connectivity index (χ0v) is 17.3. The van der Waals surface area contributed by atoms with Gasteiger partial charge in [-0.2, -0.15) is 4.98 Å². The Morgan fingerprint density at radius 3 is 2.52 bits per heavy atom. The first-order valence-electron chi connectivity index (χ1n) is 9.21. The van der Waals surface area contributed by atoms with Crippen molar-refractivity contribution in [2.75, 3.05) is 0 Å². The van der Waals surface area contributed by atoms with E-state index in [2.05, 4.69) is 23.4 Å². The van der Waals surface area contributed by atoms with Gasteiger partial charge in [0.25, 0.3) is 5.88 Å². The molecular weight excluding hydrogens is 399 g/mol. The number of aryl methyl sites for hydroxylation is 1. The van der Waals surface area contributed by atoms with Gasteiger partial charge < -0.3 is 17.7 Å². The molecule has 4 rings (SSSR count). The summed E-state index contributed by atoms with van der Waals surface area (Å²) < 4.78 is 54.9. The van der Waals surface area contributed by atoms with Gasteiger partial charge in [-0.1, -0.05) is 26.0 Å². The summed E-state index contributed by atoms with van der Waals surface area (Å²) in [5.41, 5.74) is 3.23. The number of rotatable bonds is 5. The van der Waals surface area contributed by atoms with Crippen molar-refractivity contribution in [1.29, 1.82) is 0 Å². The number of benzene rings is 1. The standard InChI is InChI=1S/C20H21FN2O5S/c1-11(2)9-23-13(4)12(3)16-17(23)19(22-20-18(16)27-29(24,25)28-20)26-10-14-5-7-15(21)8-6-14/h5-8,11H,9-10H2,1-4H3. The van der Waals surface area contributed by atoms with E-state index in [0.29, 0.717) is 23.4 Å². The molecule has 1 aliphatic rings. The fourth-order valence-corrected chi connectivity index (χ4v) is 4.14. The van der Waals surface area contributed by atoms with Gasteiger partial charge in [-0.05, 0) is 43.0 Å². The molecule has 154 valence electrons. The molecule has 0 spiro atoms. The van der Waals surface area contributed by atoms with Gasteiger partial charge in [0, 0.05) is 12.2 Å². The third-order valence-corrected chi connectivity index (χ3v) is 5.59. The number of hydrogen-bond donors (Lipinski definition) is 0. The molecular formula is C20H21FN2O5S. The van der Waals surface area contributed by atoms with Gasteiger partial charge in [0.2, 0.25) is 11.6 Å². The summed E-state index contributed by atoms with van der Waals surface area (Å²) in [6.45, 7) is 8.86. The zero-order valence-electron chi connectivity index (χ0n) is 16.5. The van der Waals surface area contributed by atoms with E-state index in [1.54, 1.807) is 12.1 Å². The SMILES string of the molecule is Cc1c(C)n(CC(C)C)c2c(OCc3ccc(F)cc3)nc3c(c12)OS(=O)(=O)O3. The maximum absolute atomic E-state index is 13.2. The van der Waals surface area contributed by atoms with Crippen LogP contribution in [0.5, 0.6) is 17.5 Å². The zero-order chi connectivity index (χ0) is 20.9. The van der Waals surface area contributed by atoms with Gasteiger partial charge in [0.15, 0.2) is 0 Å². The van der Waals surface area contributed by atoms with Crippen molar-refractivity contribution in [1.82, 2.24) is 9.55 Å². The molecule has 0 radical (unpaired) electrons. The molecule has 1 aliphatic heterocycles. The largest absolute Gasteiger partial charge is 0.502 e. The highest BCUT2D eigenvalue weighted by Gasteiger charge is 2.36. The van der Waals surface area contributed by atoms with Crippen molar-refractivity contribution in [2.24, 2.45) is 5.92 Å². The molecule has 0 aliphatic carbocycles. The van der Waals surface area contributed by atoms with E-state index in [-0.39, 0.29) is 29.9 Å². The number of ether oxygens (including phenoxy) is 1. The highest BCUT2D eigenvalue weighted by atomic mass is 32.3. The Kier molecular flexibility index (Phi) is 4.65. The summed E-state index contributed by atoms with van der Waals surface area (Å²) in [6, 6.07) is 5.94. The molecule has 9 heteroatoms. The summed E-state index contributed by atoms with van der Waals surface area (Å²) in [5.74, 6) is 0.177. The van der Waals surface area contributed by atoms with Crippen LogP contribution >= 0.6 is 0 Å². The molecule has 1 aromatic carbocycles. The van der Waals surface area contributed by atoms with Crippen LogP contribution in [0.1, 0.15) is 30.7 Å². The van der Waals surface area contributed by atoms with Crippen LogP contribution in [0, 0.1) is 25.6 Å². The monoisotopic (exact) mass is 420 g/mol. The minimum atomic E-state index is -4.20. The summed E-state index contributed by atoms with van der Waals surface area (Å²) in [7, 11) is -4.20. The number of fused-ring (bicyclic) bond motifs is 3. The first kappa shape index (κ1) is 19.5. The van der Waals surface area contributed by atoms with Crippen LogP contribution in [0.3, 0.4) is 0 Å². The van der Waals surface area contributed by atoms with Gasteiger partial charge in [0.05, 0.1) is 5.39 Å². The van der Waals surface area contributed by atoms with E-state index in [4.69, 9.17) is 13.1 Å². The normalized spacial score (nSPS) is 14.7. The third kappa shape index (κ3) is 3.50. The van der Waals surface area contributed by atoms with Crippen LogP contribution in [-0.2, 0) is 23.6 Å². The van der Waals surface area contributed by atoms with Crippen LogP contribution in [0.4, 0.5) is 4.39 Å². The van der Waals surface area contributed by atoms with Gasteiger partial charge in [-0.25, -0.2) is 4.39 Å². The van der Waals surface area contributed by atoms with E-state index in [1.807, 2.05) is 13.8 Å². The third-order valence-electron chi connectivity index (χ3n) is 4.86. The Hall–Kier alpha value is -2.81. The van der Waals surface area contributed by atoms with Crippen molar-refractivity contribution in [3.63, 3.8) is 0 Å². The Morgan fingerprint density at radius 2 is 1.86 bits per heavy atom. The number of halogens is 1. The van der Waals surface area contributed by atoms with E-state index >= 15 is 0 Å². The molecule has 0 N–H and O–H groups in total. The molecule has 3 aromatic rings. The Labute approximate surface area is 168 Å². The topological polar surface area (TPSA) is 79.7 Å². The van der Waals surface area contributed by atoms with Crippen LogP contribution in [0.25, 0.3) is 10.9 Å². The minimum Gasteiger partial charge on any atom is -0.471 e. The molecule has 2 aromatic heterocycles. The predicted octanol–water partition coefficient (Wildman–Crippen LogP) is 4.04. The Balaban J connectivity index is 1.87. The lowest BCUT2D eigenvalue weighted by Crippen LogP contribution is -2.08. The average Bonchev–Trinajstić information content (AvgIpc) is 3.08. The molecule has 0 fully saturated rings. The quantitative estimate of drug-likeness (QED) is 0.620. The van der Waals surface area contributed by atoms with E-state index in [9.17, 15) is 12.8 Å². The lowest BCUT2D eigenvalue weighted by Gasteiger charge is -2.14. The molecule has 0 atom stereocenters. The van der Waals surface area contributed by atoms with Crippen molar-refractivity contribution >= 4 is 21.3 Å². The molecule has 0 amide bonds. The van der Waals surface area contributed by atoms with Crippen LogP contribution in [0.2, 0.25) is 0 Å². The molecule has 0 bridgehead atoms.